The van der Waals surface area contributed by atoms with Crippen LogP contribution in [0.3, 0.4) is 0 Å². The average Bonchev–Trinajstić information content (AvgIpc) is 2.63. The highest BCUT2D eigenvalue weighted by atomic mass is 35.5. The van der Waals surface area contributed by atoms with E-state index >= 15 is 0 Å². The maximum absolute atomic E-state index is 13.0. The molecule has 0 fully saturated rings. The first kappa shape index (κ1) is 20.4. The summed E-state index contributed by atoms with van der Waals surface area (Å²) < 4.78 is 27.2. The van der Waals surface area contributed by atoms with Gasteiger partial charge in [0.05, 0.1) is 11.4 Å². The van der Waals surface area contributed by atoms with Gasteiger partial charge in [-0.1, -0.05) is 48.9 Å². The molecule has 2 aromatic carbocycles. The summed E-state index contributed by atoms with van der Waals surface area (Å²) in [6, 6.07) is 15.0. The molecule has 140 valence electrons. The van der Waals surface area contributed by atoms with Crippen molar-refractivity contribution in [1.82, 2.24) is 9.62 Å². The Morgan fingerprint density at radius 2 is 1.73 bits per heavy atom. The molecule has 0 saturated carbocycles. The number of benzene rings is 2. The average molecular weight is 395 g/mol. The molecule has 7 heteroatoms. The number of halogens is 1. The molecule has 0 spiro atoms. The molecule has 0 heterocycles. The lowest BCUT2D eigenvalue weighted by molar-refractivity contribution is -0.122. The molecule has 0 radical (unpaired) electrons. The van der Waals surface area contributed by atoms with E-state index in [9.17, 15) is 13.2 Å². The van der Waals surface area contributed by atoms with Crippen LogP contribution < -0.4 is 5.32 Å². The molecule has 26 heavy (non-hydrogen) atoms. The first-order chi connectivity index (χ1) is 12.3. The first-order valence-electron chi connectivity index (χ1n) is 8.42. The van der Waals surface area contributed by atoms with Crippen LogP contribution in [0.25, 0.3) is 0 Å². The molecule has 5 nitrogen and oxygen atoms in total. The van der Waals surface area contributed by atoms with Crippen molar-refractivity contribution in [3.05, 3.63) is 65.2 Å². The third-order valence-corrected chi connectivity index (χ3v) is 6.05. The maximum Gasteiger partial charge on any atom is 0.243 e. The van der Waals surface area contributed by atoms with Gasteiger partial charge in [-0.15, -0.1) is 0 Å². The lowest BCUT2D eigenvalue weighted by Crippen LogP contribution is -2.43. The highest BCUT2D eigenvalue weighted by molar-refractivity contribution is 7.89. The van der Waals surface area contributed by atoms with E-state index in [0.717, 1.165) is 12.0 Å². The Bertz CT molecular complexity index is 824. The number of nitrogens with one attached hydrogen (secondary N) is 1. The van der Waals surface area contributed by atoms with Gasteiger partial charge in [-0.05, 0) is 43.2 Å². The van der Waals surface area contributed by atoms with Crippen molar-refractivity contribution in [2.75, 3.05) is 6.54 Å². The van der Waals surface area contributed by atoms with Crippen molar-refractivity contribution in [2.45, 2.75) is 37.8 Å². The Balaban J connectivity index is 2.28. The fraction of sp³-hybridized carbons (Fsp3) is 0.316. The summed E-state index contributed by atoms with van der Waals surface area (Å²) in [5.74, 6) is -0.326. The summed E-state index contributed by atoms with van der Waals surface area (Å²) in [5.41, 5.74) is 0.755. The number of nitrogens with zero attached hydrogens (tertiary/aromatic N) is 1. The van der Waals surface area contributed by atoms with Crippen LogP contribution in [-0.4, -0.2) is 31.2 Å². The molecule has 1 amide bonds. The Labute approximate surface area is 160 Å². The first-order valence-corrected chi connectivity index (χ1v) is 10.2. The van der Waals surface area contributed by atoms with Crippen LogP contribution >= 0.6 is 11.6 Å². The van der Waals surface area contributed by atoms with Gasteiger partial charge < -0.3 is 5.32 Å². The molecule has 1 atom stereocenters. The lowest BCUT2D eigenvalue weighted by atomic mass is 10.2. The van der Waals surface area contributed by atoms with E-state index in [1.807, 2.05) is 13.8 Å². The minimum Gasteiger partial charge on any atom is -0.353 e. The number of carbonyl (C=O) groups is 1. The van der Waals surface area contributed by atoms with Crippen LogP contribution in [0.2, 0.25) is 5.02 Å². The van der Waals surface area contributed by atoms with Crippen LogP contribution in [0.15, 0.2) is 59.5 Å². The minimum absolute atomic E-state index is 0.0145. The second-order valence-corrected chi connectivity index (χ2v) is 8.46. The summed E-state index contributed by atoms with van der Waals surface area (Å²) in [4.78, 5) is 12.5. The molecular weight excluding hydrogens is 372 g/mol. The van der Waals surface area contributed by atoms with Gasteiger partial charge in [-0.25, -0.2) is 8.42 Å². The highest BCUT2D eigenvalue weighted by Gasteiger charge is 2.27. The van der Waals surface area contributed by atoms with Crippen molar-refractivity contribution < 1.29 is 13.2 Å². The smallest absolute Gasteiger partial charge is 0.243 e. The Kier molecular flexibility index (Phi) is 7.20. The van der Waals surface area contributed by atoms with Crippen molar-refractivity contribution in [3.63, 3.8) is 0 Å². The zero-order chi connectivity index (χ0) is 19.2. The fourth-order valence-electron chi connectivity index (χ4n) is 2.34. The van der Waals surface area contributed by atoms with Crippen LogP contribution in [0.4, 0.5) is 0 Å². The summed E-state index contributed by atoms with van der Waals surface area (Å²) >= 11 is 5.90. The standard InChI is InChI=1S/C19H23ClN2O3S/c1-3-15(2)21-19(23)14-22(13-16-9-11-17(20)12-10-16)26(24,25)18-7-5-4-6-8-18/h4-12,15H,3,13-14H2,1-2H3,(H,21,23). The molecule has 2 aromatic rings. The number of amides is 1. The summed E-state index contributed by atoms with van der Waals surface area (Å²) in [5, 5.41) is 3.38. The van der Waals surface area contributed by atoms with E-state index in [0.29, 0.717) is 5.02 Å². The summed E-state index contributed by atoms with van der Waals surface area (Å²) in [6.07, 6.45) is 0.772. The van der Waals surface area contributed by atoms with Gasteiger partial charge in [0.15, 0.2) is 0 Å². The number of sulfonamides is 1. The molecule has 0 saturated heterocycles. The van der Waals surface area contributed by atoms with E-state index in [-0.39, 0.29) is 29.9 Å². The van der Waals surface area contributed by atoms with Gasteiger partial charge in [0.1, 0.15) is 0 Å². The van der Waals surface area contributed by atoms with Gasteiger partial charge in [0, 0.05) is 17.6 Å². The summed E-state index contributed by atoms with van der Waals surface area (Å²) in [6.45, 7) is 3.68. The topological polar surface area (TPSA) is 66.5 Å². The van der Waals surface area contributed by atoms with Gasteiger partial charge >= 0.3 is 0 Å². The Hall–Kier alpha value is -1.89. The van der Waals surface area contributed by atoms with Gasteiger partial charge in [-0.2, -0.15) is 4.31 Å². The van der Waals surface area contributed by atoms with Crippen LogP contribution in [0.5, 0.6) is 0 Å². The molecule has 1 unspecified atom stereocenters. The van der Waals surface area contributed by atoms with Crippen molar-refractivity contribution in [3.8, 4) is 0 Å². The molecule has 1 N–H and O–H groups in total. The van der Waals surface area contributed by atoms with Crippen LogP contribution in [0, 0.1) is 0 Å². The number of hydrogen-bond donors (Lipinski definition) is 1. The van der Waals surface area contributed by atoms with E-state index in [2.05, 4.69) is 5.32 Å². The predicted molar refractivity (Wildman–Crippen MR) is 103 cm³/mol. The Morgan fingerprint density at radius 1 is 1.12 bits per heavy atom. The summed E-state index contributed by atoms with van der Waals surface area (Å²) in [7, 11) is -3.81. The predicted octanol–water partition coefficient (Wildman–Crippen LogP) is 3.45. The van der Waals surface area contributed by atoms with Gasteiger partial charge in [0.2, 0.25) is 15.9 Å². The maximum atomic E-state index is 13.0. The van der Waals surface area contributed by atoms with E-state index in [4.69, 9.17) is 11.6 Å². The number of hydrogen-bond acceptors (Lipinski definition) is 3. The van der Waals surface area contributed by atoms with Crippen molar-refractivity contribution in [2.24, 2.45) is 0 Å². The Morgan fingerprint density at radius 3 is 2.31 bits per heavy atom. The van der Waals surface area contributed by atoms with E-state index in [1.165, 1.54) is 16.4 Å². The number of carbonyl (C=O) groups excluding carboxylic acids is 1. The third kappa shape index (κ3) is 5.56. The zero-order valence-electron chi connectivity index (χ0n) is 14.9. The highest BCUT2D eigenvalue weighted by Crippen LogP contribution is 2.19. The van der Waals surface area contributed by atoms with Crippen LogP contribution in [-0.2, 0) is 21.4 Å². The molecule has 0 aliphatic rings. The largest absolute Gasteiger partial charge is 0.353 e. The quantitative estimate of drug-likeness (QED) is 0.745. The molecule has 0 aromatic heterocycles. The molecular formula is C19H23ClN2O3S. The monoisotopic (exact) mass is 394 g/mol. The second kappa shape index (κ2) is 9.16. The third-order valence-electron chi connectivity index (χ3n) is 3.99. The molecule has 0 bridgehead atoms. The number of rotatable bonds is 8. The van der Waals surface area contributed by atoms with Crippen LogP contribution in [0.1, 0.15) is 25.8 Å². The fourth-order valence-corrected chi connectivity index (χ4v) is 3.87. The normalized spacial score (nSPS) is 12.8. The molecule has 0 aliphatic carbocycles. The zero-order valence-corrected chi connectivity index (χ0v) is 16.4. The molecule has 0 aliphatic heterocycles. The van der Waals surface area contributed by atoms with Crippen molar-refractivity contribution in [1.29, 1.82) is 0 Å². The SMILES string of the molecule is CCC(C)NC(=O)CN(Cc1ccc(Cl)cc1)S(=O)(=O)c1ccccc1. The minimum atomic E-state index is -3.81. The van der Waals surface area contributed by atoms with Gasteiger partial charge in [-0.3, -0.25) is 4.79 Å². The van der Waals surface area contributed by atoms with E-state index < -0.39 is 10.0 Å². The van der Waals surface area contributed by atoms with Crippen molar-refractivity contribution >= 4 is 27.5 Å². The second-order valence-electron chi connectivity index (χ2n) is 6.09. The van der Waals surface area contributed by atoms with Gasteiger partial charge in [0.25, 0.3) is 0 Å². The van der Waals surface area contributed by atoms with E-state index in [1.54, 1.807) is 42.5 Å². The molecule has 2 rings (SSSR count). The lowest BCUT2D eigenvalue weighted by Gasteiger charge is -2.23.